The number of halogens is 7. The minimum atomic E-state index is -4.87. The summed E-state index contributed by atoms with van der Waals surface area (Å²) in [6, 6.07) is 4.21. The predicted molar refractivity (Wildman–Crippen MR) is 118 cm³/mol. The van der Waals surface area contributed by atoms with E-state index in [0.29, 0.717) is 35.9 Å². The molecule has 3 aromatic rings. The number of aromatic nitrogens is 3. The normalized spacial score (nSPS) is 14.1. The van der Waals surface area contributed by atoms with Crippen LogP contribution in [-0.4, -0.2) is 39.6 Å². The Hall–Kier alpha value is -3.88. The fourth-order valence-electron chi connectivity index (χ4n) is 3.83. The SMILES string of the molecule is Cc1cccc(C(F)(F)F)c1NC(=O)c1cc(F)c(-n2nc3n(c2=O)CCCOC3)cc1OCC(F)(F)F. The number of para-hydroxylation sites is 1. The molecule has 0 aliphatic carbocycles. The number of hydrogen-bond donors (Lipinski definition) is 1. The summed E-state index contributed by atoms with van der Waals surface area (Å²) in [5, 5.41) is 5.97. The van der Waals surface area contributed by atoms with Crippen molar-refractivity contribution >= 4 is 11.6 Å². The summed E-state index contributed by atoms with van der Waals surface area (Å²) in [6.45, 7) is -0.147. The number of carbonyl (C=O) groups excluding carboxylic acids is 1. The highest BCUT2D eigenvalue weighted by molar-refractivity contribution is 6.07. The summed E-state index contributed by atoms with van der Waals surface area (Å²) in [5.41, 5.74) is -4.14. The molecule has 1 amide bonds. The Morgan fingerprint density at radius 3 is 2.61 bits per heavy atom. The molecule has 0 radical (unpaired) electrons. The van der Waals surface area contributed by atoms with Crippen LogP contribution in [-0.2, 0) is 24.1 Å². The van der Waals surface area contributed by atoms with Crippen LogP contribution in [0.1, 0.15) is 33.7 Å². The average molecular weight is 548 g/mol. The number of benzene rings is 2. The van der Waals surface area contributed by atoms with E-state index in [0.717, 1.165) is 6.07 Å². The highest BCUT2D eigenvalue weighted by Crippen LogP contribution is 2.37. The van der Waals surface area contributed by atoms with Gasteiger partial charge in [-0.3, -0.25) is 9.36 Å². The lowest BCUT2D eigenvalue weighted by molar-refractivity contribution is -0.153. The summed E-state index contributed by atoms with van der Waals surface area (Å²) in [7, 11) is 0. The van der Waals surface area contributed by atoms with Gasteiger partial charge in [0.15, 0.2) is 12.4 Å². The number of rotatable bonds is 5. The fourth-order valence-corrected chi connectivity index (χ4v) is 3.83. The van der Waals surface area contributed by atoms with E-state index in [-0.39, 0.29) is 24.5 Å². The molecule has 0 fully saturated rings. The van der Waals surface area contributed by atoms with Crippen LogP contribution in [0.25, 0.3) is 5.69 Å². The maximum atomic E-state index is 15.2. The van der Waals surface area contributed by atoms with Gasteiger partial charge < -0.3 is 14.8 Å². The molecular weight excluding hydrogens is 529 g/mol. The third-order valence-corrected chi connectivity index (χ3v) is 5.57. The first-order valence-corrected chi connectivity index (χ1v) is 11.0. The van der Waals surface area contributed by atoms with Crippen LogP contribution >= 0.6 is 0 Å². The van der Waals surface area contributed by atoms with Gasteiger partial charge in [0.25, 0.3) is 5.91 Å². The Kier molecular flexibility index (Phi) is 7.23. The molecule has 0 atom stereocenters. The number of anilines is 1. The van der Waals surface area contributed by atoms with Crippen molar-refractivity contribution in [2.75, 3.05) is 18.5 Å². The van der Waals surface area contributed by atoms with Crippen LogP contribution in [0, 0.1) is 12.7 Å². The van der Waals surface area contributed by atoms with Gasteiger partial charge >= 0.3 is 18.0 Å². The van der Waals surface area contributed by atoms with E-state index in [1.54, 1.807) is 0 Å². The molecule has 15 heteroatoms. The average Bonchev–Trinajstić information content (AvgIpc) is 2.98. The molecule has 2 heterocycles. The lowest BCUT2D eigenvalue weighted by Crippen LogP contribution is -2.26. The maximum Gasteiger partial charge on any atom is 0.422 e. The number of carbonyl (C=O) groups is 1. The van der Waals surface area contributed by atoms with E-state index < -0.39 is 64.6 Å². The van der Waals surface area contributed by atoms with Crippen molar-refractivity contribution < 1.29 is 45.0 Å². The third kappa shape index (κ3) is 5.66. The highest BCUT2D eigenvalue weighted by atomic mass is 19.4. The number of alkyl halides is 6. The second kappa shape index (κ2) is 10.1. The Balaban J connectivity index is 1.79. The van der Waals surface area contributed by atoms with Gasteiger partial charge in [0.1, 0.15) is 23.9 Å². The molecule has 1 N–H and O–H groups in total. The van der Waals surface area contributed by atoms with Crippen molar-refractivity contribution in [1.29, 1.82) is 0 Å². The van der Waals surface area contributed by atoms with Crippen LogP contribution in [0.2, 0.25) is 0 Å². The summed E-state index contributed by atoms with van der Waals surface area (Å²) in [4.78, 5) is 25.8. The number of aryl methyl sites for hydroxylation is 1. The maximum absolute atomic E-state index is 15.2. The quantitative estimate of drug-likeness (QED) is 0.471. The summed E-state index contributed by atoms with van der Waals surface area (Å²) in [6.07, 6.45) is -9.29. The van der Waals surface area contributed by atoms with Gasteiger partial charge in [0.2, 0.25) is 0 Å². The molecule has 8 nitrogen and oxygen atoms in total. The van der Waals surface area contributed by atoms with Crippen molar-refractivity contribution in [3.63, 3.8) is 0 Å². The van der Waals surface area contributed by atoms with Gasteiger partial charge in [-0.1, -0.05) is 12.1 Å². The first-order valence-electron chi connectivity index (χ1n) is 11.0. The van der Waals surface area contributed by atoms with Gasteiger partial charge in [-0.25, -0.2) is 9.18 Å². The van der Waals surface area contributed by atoms with Crippen LogP contribution in [0.4, 0.5) is 36.4 Å². The van der Waals surface area contributed by atoms with Gasteiger partial charge in [-0.2, -0.15) is 31.0 Å². The second-order valence-corrected chi connectivity index (χ2v) is 8.32. The lowest BCUT2D eigenvalue weighted by Gasteiger charge is -2.18. The van der Waals surface area contributed by atoms with E-state index >= 15 is 4.39 Å². The molecule has 0 unspecified atom stereocenters. The summed E-state index contributed by atoms with van der Waals surface area (Å²) >= 11 is 0. The van der Waals surface area contributed by atoms with Gasteiger partial charge in [-0.05, 0) is 31.0 Å². The number of ether oxygens (including phenoxy) is 2. The molecule has 0 saturated carbocycles. The number of nitrogens with one attached hydrogen (secondary N) is 1. The molecule has 2 aromatic carbocycles. The van der Waals surface area contributed by atoms with Crippen LogP contribution in [0.5, 0.6) is 5.75 Å². The topological polar surface area (TPSA) is 87.4 Å². The summed E-state index contributed by atoms with van der Waals surface area (Å²) in [5.74, 6) is -3.31. The number of fused-ring (bicyclic) bond motifs is 1. The standard InChI is InChI=1S/C23H19F7N4O4/c1-12-4-2-5-14(23(28,29)30)19(12)31-20(35)13-8-15(24)16(9-17(13)38-11-22(25,26)27)34-21(36)33-6-3-7-37-10-18(33)32-34/h2,4-5,8-9H,3,6-7,10-11H2,1H3,(H,31,35). The lowest BCUT2D eigenvalue weighted by atomic mass is 10.1. The second-order valence-electron chi connectivity index (χ2n) is 8.32. The van der Waals surface area contributed by atoms with E-state index in [9.17, 15) is 35.9 Å². The minimum absolute atomic E-state index is 0.00342. The van der Waals surface area contributed by atoms with Gasteiger partial charge in [0, 0.05) is 19.2 Å². The Bertz CT molecular complexity index is 1430. The van der Waals surface area contributed by atoms with E-state index in [2.05, 4.69) is 5.10 Å². The molecule has 0 bridgehead atoms. The van der Waals surface area contributed by atoms with Crippen molar-refractivity contribution in [2.24, 2.45) is 0 Å². The fraction of sp³-hybridized carbons (Fsp3) is 0.348. The number of amides is 1. The van der Waals surface area contributed by atoms with E-state index in [1.165, 1.54) is 17.6 Å². The van der Waals surface area contributed by atoms with Crippen LogP contribution in [0.3, 0.4) is 0 Å². The highest BCUT2D eigenvalue weighted by Gasteiger charge is 2.35. The first kappa shape index (κ1) is 27.2. The molecule has 0 saturated heterocycles. The Labute approximate surface area is 209 Å². The molecular formula is C23H19F7N4O4. The van der Waals surface area contributed by atoms with Crippen LogP contribution < -0.4 is 15.7 Å². The molecule has 204 valence electrons. The molecule has 0 spiro atoms. The molecule has 4 rings (SSSR count). The zero-order chi connectivity index (χ0) is 27.8. The Morgan fingerprint density at radius 2 is 1.92 bits per heavy atom. The monoisotopic (exact) mass is 548 g/mol. The van der Waals surface area contributed by atoms with Crippen molar-refractivity contribution in [2.45, 2.75) is 38.8 Å². The molecule has 1 aliphatic heterocycles. The van der Waals surface area contributed by atoms with Crippen molar-refractivity contribution in [1.82, 2.24) is 14.3 Å². The Morgan fingerprint density at radius 1 is 1.18 bits per heavy atom. The molecule has 38 heavy (non-hydrogen) atoms. The smallest absolute Gasteiger partial charge is 0.422 e. The van der Waals surface area contributed by atoms with Gasteiger partial charge in [-0.15, -0.1) is 5.10 Å². The van der Waals surface area contributed by atoms with E-state index in [4.69, 9.17) is 9.47 Å². The minimum Gasteiger partial charge on any atom is -0.483 e. The van der Waals surface area contributed by atoms with Gasteiger partial charge in [0.05, 0.1) is 16.8 Å². The first-order chi connectivity index (χ1) is 17.8. The zero-order valence-electron chi connectivity index (χ0n) is 19.5. The van der Waals surface area contributed by atoms with Crippen LogP contribution in [0.15, 0.2) is 35.1 Å². The zero-order valence-corrected chi connectivity index (χ0v) is 19.5. The van der Waals surface area contributed by atoms with E-state index in [1.807, 2.05) is 5.32 Å². The molecule has 1 aliphatic rings. The van der Waals surface area contributed by atoms with Crippen molar-refractivity contribution in [3.8, 4) is 11.4 Å². The number of nitrogens with zero attached hydrogens (tertiary/aromatic N) is 3. The summed E-state index contributed by atoms with van der Waals surface area (Å²) < 4.78 is 106. The third-order valence-electron chi connectivity index (χ3n) is 5.57. The number of hydrogen-bond acceptors (Lipinski definition) is 5. The van der Waals surface area contributed by atoms with Crippen molar-refractivity contribution in [3.05, 3.63) is 69.1 Å². The predicted octanol–water partition coefficient (Wildman–Crippen LogP) is 4.61. The molecule has 1 aromatic heterocycles. The largest absolute Gasteiger partial charge is 0.483 e.